The Morgan fingerprint density at radius 1 is 1.37 bits per heavy atom. The summed E-state index contributed by atoms with van der Waals surface area (Å²) in [6, 6.07) is 8.17. The Bertz CT molecular complexity index is 562. The maximum absolute atomic E-state index is 13.8. The smallest absolute Gasteiger partial charge is 0.127 e. The lowest BCUT2D eigenvalue weighted by Crippen LogP contribution is -2.30. The Kier molecular flexibility index (Phi) is 4.87. The van der Waals surface area contributed by atoms with E-state index in [0.717, 1.165) is 0 Å². The van der Waals surface area contributed by atoms with E-state index in [4.69, 9.17) is 17.4 Å². The molecule has 0 aliphatic carbocycles. The van der Waals surface area contributed by atoms with Crippen molar-refractivity contribution in [2.75, 3.05) is 0 Å². The van der Waals surface area contributed by atoms with Gasteiger partial charge in [-0.3, -0.25) is 16.3 Å². The van der Waals surface area contributed by atoms with Crippen molar-refractivity contribution in [3.8, 4) is 0 Å². The first kappa shape index (κ1) is 14.4. The van der Waals surface area contributed by atoms with Gasteiger partial charge in [-0.25, -0.2) is 4.39 Å². The molecule has 0 aliphatic heterocycles. The fraction of sp³-hybridized carbons (Fsp3) is 0.154. The molecule has 3 nitrogen and oxygen atoms in total. The molecule has 0 fully saturated rings. The molecule has 0 saturated carbocycles. The Morgan fingerprint density at radius 3 is 2.74 bits per heavy atom. The number of hydrogen-bond acceptors (Lipinski definition) is 3. The van der Waals surface area contributed by atoms with E-state index in [1.807, 2.05) is 0 Å². The minimum absolute atomic E-state index is 0.270. The Labute approximate surface area is 124 Å². The zero-order valence-electron chi connectivity index (χ0n) is 9.91. The van der Waals surface area contributed by atoms with Crippen molar-refractivity contribution in [2.24, 2.45) is 5.84 Å². The van der Waals surface area contributed by atoms with E-state index in [1.165, 1.54) is 6.07 Å². The molecular formula is C13H12BrClFN3. The molecule has 0 amide bonds. The molecule has 6 heteroatoms. The van der Waals surface area contributed by atoms with Crippen molar-refractivity contribution in [3.05, 3.63) is 63.1 Å². The number of nitrogens with one attached hydrogen (secondary N) is 1. The second-order valence-corrected chi connectivity index (χ2v) is 5.41. The molecule has 0 spiro atoms. The minimum atomic E-state index is -0.274. The summed E-state index contributed by atoms with van der Waals surface area (Å²) in [7, 11) is 0. The van der Waals surface area contributed by atoms with E-state index in [9.17, 15) is 4.39 Å². The zero-order valence-corrected chi connectivity index (χ0v) is 12.2. The van der Waals surface area contributed by atoms with Crippen molar-refractivity contribution in [1.29, 1.82) is 0 Å². The van der Waals surface area contributed by atoms with E-state index >= 15 is 0 Å². The predicted molar refractivity (Wildman–Crippen MR) is 77.1 cm³/mol. The van der Waals surface area contributed by atoms with Gasteiger partial charge in [0, 0.05) is 10.7 Å². The van der Waals surface area contributed by atoms with Gasteiger partial charge >= 0.3 is 0 Å². The highest BCUT2D eigenvalue weighted by molar-refractivity contribution is 9.10. The maximum Gasteiger partial charge on any atom is 0.127 e. The lowest BCUT2D eigenvalue weighted by atomic mass is 10.0. The largest absolute Gasteiger partial charge is 0.271 e. The van der Waals surface area contributed by atoms with Gasteiger partial charge in [0.2, 0.25) is 0 Å². The van der Waals surface area contributed by atoms with Crippen LogP contribution < -0.4 is 11.3 Å². The van der Waals surface area contributed by atoms with Crippen LogP contribution in [0.25, 0.3) is 0 Å². The van der Waals surface area contributed by atoms with Crippen molar-refractivity contribution in [3.63, 3.8) is 0 Å². The number of pyridine rings is 1. The standard InChI is InChI=1S/C13H12BrClFN3/c14-9-2-1-8(11(16)6-9)5-13(19-17)12-4-3-10(15)7-18-12/h1-4,6-7,13,19H,5,17H2. The second kappa shape index (κ2) is 6.43. The molecule has 19 heavy (non-hydrogen) atoms. The monoisotopic (exact) mass is 343 g/mol. The van der Waals surface area contributed by atoms with Gasteiger partial charge in [-0.2, -0.15) is 0 Å². The number of hydrogen-bond donors (Lipinski definition) is 2. The van der Waals surface area contributed by atoms with Gasteiger partial charge in [0.25, 0.3) is 0 Å². The van der Waals surface area contributed by atoms with Gasteiger partial charge in [-0.05, 0) is 36.2 Å². The summed E-state index contributed by atoms with van der Waals surface area (Å²) in [5.74, 6) is 5.24. The van der Waals surface area contributed by atoms with Gasteiger partial charge in [0.15, 0.2) is 0 Å². The van der Waals surface area contributed by atoms with Gasteiger partial charge in [-0.15, -0.1) is 0 Å². The number of halogens is 3. The molecule has 1 heterocycles. The molecule has 0 saturated heterocycles. The summed E-state index contributed by atoms with van der Waals surface area (Å²) in [5.41, 5.74) is 3.93. The average Bonchev–Trinajstić information content (AvgIpc) is 2.39. The molecule has 3 N–H and O–H groups in total. The first-order valence-electron chi connectivity index (χ1n) is 5.61. The number of benzene rings is 1. The van der Waals surface area contributed by atoms with Crippen LogP contribution in [0, 0.1) is 5.82 Å². The summed E-state index contributed by atoms with van der Waals surface area (Å²) >= 11 is 9.01. The molecule has 100 valence electrons. The van der Waals surface area contributed by atoms with Gasteiger partial charge < -0.3 is 0 Å². The van der Waals surface area contributed by atoms with Crippen LogP contribution in [-0.2, 0) is 6.42 Å². The Morgan fingerprint density at radius 2 is 2.16 bits per heavy atom. The van der Waals surface area contributed by atoms with E-state index < -0.39 is 0 Å². The van der Waals surface area contributed by atoms with Gasteiger partial charge in [0.05, 0.1) is 16.8 Å². The number of nitrogens with zero attached hydrogens (tertiary/aromatic N) is 1. The van der Waals surface area contributed by atoms with Crippen LogP contribution >= 0.6 is 27.5 Å². The van der Waals surface area contributed by atoms with E-state index in [-0.39, 0.29) is 11.9 Å². The highest BCUT2D eigenvalue weighted by Gasteiger charge is 2.14. The van der Waals surface area contributed by atoms with Gasteiger partial charge in [0.1, 0.15) is 5.82 Å². The maximum atomic E-state index is 13.8. The van der Waals surface area contributed by atoms with Crippen LogP contribution in [0.15, 0.2) is 41.0 Å². The fourth-order valence-corrected chi connectivity index (χ4v) is 2.19. The van der Waals surface area contributed by atoms with Crippen LogP contribution in [0.4, 0.5) is 4.39 Å². The normalized spacial score (nSPS) is 12.4. The van der Waals surface area contributed by atoms with Crippen molar-refractivity contribution in [1.82, 2.24) is 10.4 Å². The molecule has 1 unspecified atom stereocenters. The first-order chi connectivity index (χ1) is 9.10. The molecule has 1 aromatic carbocycles. The Balaban J connectivity index is 2.21. The average molecular weight is 345 g/mol. The summed E-state index contributed by atoms with van der Waals surface area (Å²) in [4.78, 5) is 4.19. The summed E-state index contributed by atoms with van der Waals surface area (Å²) in [6.45, 7) is 0. The lowest BCUT2D eigenvalue weighted by molar-refractivity contribution is 0.518. The zero-order chi connectivity index (χ0) is 13.8. The van der Waals surface area contributed by atoms with Crippen LogP contribution in [0.1, 0.15) is 17.3 Å². The second-order valence-electron chi connectivity index (χ2n) is 4.06. The summed E-state index contributed by atoms with van der Waals surface area (Å²) in [6.07, 6.45) is 1.95. The predicted octanol–water partition coefficient (Wildman–Crippen LogP) is 3.38. The van der Waals surface area contributed by atoms with E-state index in [0.29, 0.717) is 27.2 Å². The molecule has 0 bridgehead atoms. The SMILES string of the molecule is NNC(Cc1ccc(Br)cc1F)c1ccc(Cl)cn1. The van der Waals surface area contributed by atoms with Crippen molar-refractivity contribution in [2.45, 2.75) is 12.5 Å². The van der Waals surface area contributed by atoms with Crippen molar-refractivity contribution < 1.29 is 4.39 Å². The third kappa shape index (κ3) is 3.73. The molecule has 1 atom stereocenters. The topological polar surface area (TPSA) is 50.9 Å². The first-order valence-corrected chi connectivity index (χ1v) is 6.78. The fourth-order valence-electron chi connectivity index (χ4n) is 1.75. The van der Waals surface area contributed by atoms with Crippen LogP contribution in [0.3, 0.4) is 0 Å². The number of hydrazine groups is 1. The molecule has 2 rings (SSSR count). The lowest BCUT2D eigenvalue weighted by Gasteiger charge is -2.16. The molecule has 1 aromatic heterocycles. The molecule has 2 aromatic rings. The third-order valence-electron chi connectivity index (χ3n) is 2.75. The van der Waals surface area contributed by atoms with Crippen LogP contribution in [-0.4, -0.2) is 4.98 Å². The minimum Gasteiger partial charge on any atom is -0.271 e. The molecule has 0 aliphatic rings. The highest BCUT2D eigenvalue weighted by atomic mass is 79.9. The van der Waals surface area contributed by atoms with E-state index in [1.54, 1.807) is 30.5 Å². The van der Waals surface area contributed by atoms with Gasteiger partial charge in [-0.1, -0.05) is 33.6 Å². The van der Waals surface area contributed by atoms with E-state index in [2.05, 4.69) is 26.3 Å². The highest BCUT2D eigenvalue weighted by Crippen LogP contribution is 2.21. The molecule has 0 radical (unpaired) electrons. The van der Waals surface area contributed by atoms with Crippen LogP contribution in [0.5, 0.6) is 0 Å². The molecular weight excluding hydrogens is 333 g/mol. The number of nitrogens with two attached hydrogens (primary N) is 1. The Hall–Kier alpha value is -1.01. The number of aromatic nitrogens is 1. The number of rotatable bonds is 4. The van der Waals surface area contributed by atoms with Crippen molar-refractivity contribution >= 4 is 27.5 Å². The summed E-state index contributed by atoms with van der Waals surface area (Å²) in [5, 5.41) is 0.550. The quantitative estimate of drug-likeness (QED) is 0.660. The third-order valence-corrected chi connectivity index (χ3v) is 3.46. The summed E-state index contributed by atoms with van der Waals surface area (Å²) < 4.78 is 14.5. The van der Waals surface area contributed by atoms with Crippen LogP contribution in [0.2, 0.25) is 5.02 Å².